The maximum atomic E-state index is 12.4. The summed E-state index contributed by atoms with van der Waals surface area (Å²) in [6.45, 7) is 1.30. The molecule has 2 aromatic rings. The van der Waals surface area contributed by atoms with Crippen LogP contribution >= 0.6 is 34.8 Å². The van der Waals surface area contributed by atoms with Crippen molar-refractivity contribution in [3.63, 3.8) is 0 Å². The van der Waals surface area contributed by atoms with E-state index in [1.165, 1.54) is 18.2 Å². The molecule has 0 bridgehead atoms. The number of rotatable bonds is 5. The number of nitrogens with zero attached hydrogens (tertiary/aromatic N) is 1. The van der Waals surface area contributed by atoms with E-state index in [4.69, 9.17) is 34.8 Å². The number of halogens is 3. The van der Waals surface area contributed by atoms with E-state index in [1.807, 2.05) is 0 Å². The fourth-order valence-electron chi connectivity index (χ4n) is 2.12. The number of anilines is 2. The van der Waals surface area contributed by atoms with Gasteiger partial charge >= 0.3 is 0 Å². The first-order valence-electron chi connectivity index (χ1n) is 7.07. The molecule has 9 heteroatoms. The molecule has 0 saturated heterocycles. The first-order chi connectivity index (χ1) is 11.6. The highest BCUT2D eigenvalue weighted by Crippen LogP contribution is 2.30. The molecule has 0 spiro atoms. The normalized spacial score (nSPS) is 11.2. The maximum absolute atomic E-state index is 12.4. The van der Waals surface area contributed by atoms with Gasteiger partial charge in [-0.2, -0.15) is 0 Å². The van der Waals surface area contributed by atoms with Gasteiger partial charge in [-0.05, 0) is 42.8 Å². The Morgan fingerprint density at radius 3 is 2.44 bits per heavy atom. The lowest BCUT2D eigenvalue weighted by Gasteiger charge is -2.23. The molecule has 0 fully saturated rings. The molecule has 0 aliphatic rings. The number of hydrogen-bond donors (Lipinski definition) is 1. The van der Waals surface area contributed by atoms with Crippen LogP contribution < -0.4 is 9.62 Å². The minimum Gasteiger partial charge on any atom is -0.324 e. The Kier molecular flexibility index (Phi) is 6.21. The van der Waals surface area contributed by atoms with Crippen molar-refractivity contribution in [3.05, 3.63) is 57.0 Å². The highest BCUT2D eigenvalue weighted by Gasteiger charge is 2.23. The average molecular weight is 422 g/mol. The van der Waals surface area contributed by atoms with Gasteiger partial charge < -0.3 is 5.32 Å². The lowest BCUT2D eigenvalue weighted by atomic mass is 10.2. The monoisotopic (exact) mass is 420 g/mol. The molecule has 134 valence electrons. The molecule has 0 radical (unpaired) electrons. The van der Waals surface area contributed by atoms with Gasteiger partial charge in [-0.1, -0.05) is 40.9 Å². The molecule has 0 aliphatic carbocycles. The summed E-state index contributed by atoms with van der Waals surface area (Å²) in [5, 5.41) is 3.62. The zero-order valence-electron chi connectivity index (χ0n) is 13.4. The van der Waals surface area contributed by atoms with Crippen molar-refractivity contribution < 1.29 is 13.2 Å². The van der Waals surface area contributed by atoms with Gasteiger partial charge in [0.25, 0.3) is 0 Å². The Balaban J connectivity index is 2.30. The Hall–Kier alpha value is -1.47. The Bertz CT molecular complexity index is 917. The van der Waals surface area contributed by atoms with Crippen LogP contribution in [0.2, 0.25) is 15.1 Å². The summed E-state index contributed by atoms with van der Waals surface area (Å²) < 4.78 is 25.2. The van der Waals surface area contributed by atoms with Crippen molar-refractivity contribution in [3.8, 4) is 0 Å². The van der Waals surface area contributed by atoms with Crippen molar-refractivity contribution in [2.45, 2.75) is 6.92 Å². The van der Waals surface area contributed by atoms with Gasteiger partial charge in [-0.25, -0.2) is 8.42 Å². The van der Waals surface area contributed by atoms with E-state index in [0.29, 0.717) is 21.3 Å². The number of amides is 1. The van der Waals surface area contributed by atoms with Crippen LogP contribution in [0.25, 0.3) is 0 Å². The largest absolute Gasteiger partial charge is 0.324 e. The third-order valence-corrected chi connectivity index (χ3v) is 5.50. The van der Waals surface area contributed by atoms with E-state index >= 15 is 0 Å². The Morgan fingerprint density at radius 1 is 1.12 bits per heavy atom. The van der Waals surface area contributed by atoms with E-state index in [0.717, 1.165) is 10.6 Å². The smallest absolute Gasteiger partial charge is 0.245 e. The third kappa shape index (κ3) is 5.01. The molecule has 0 aliphatic heterocycles. The van der Waals surface area contributed by atoms with Crippen LogP contribution in [0.1, 0.15) is 5.56 Å². The van der Waals surface area contributed by atoms with Gasteiger partial charge in [0, 0.05) is 15.7 Å². The molecule has 0 aromatic heterocycles. The second kappa shape index (κ2) is 7.83. The zero-order chi connectivity index (χ0) is 18.8. The summed E-state index contributed by atoms with van der Waals surface area (Å²) in [6, 6.07) is 9.45. The van der Waals surface area contributed by atoms with Crippen LogP contribution in [0, 0.1) is 6.92 Å². The SMILES string of the molecule is Cc1c(Cl)cccc1NC(=O)CN(c1cc(Cl)ccc1Cl)S(C)(=O)=O. The summed E-state index contributed by atoms with van der Waals surface area (Å²) in [6.07, 6.45) is 0.988. The second-order valence-corrected chi connectivity index (χ2v) is 8.48. The van der Waals surface area contributed by atoms with Crippen molar-refractivity contribution >= 4 is 62.1 Å². The minimum atomic E-state index is -3.76. The van der Waals surface area contributed by atoms with Gasteiger partial charge in [-0.3, -0.25) is 9.10 Å². The first kappa shape index (κ1) is 19.8. The van der Waals surface area contributed by atoms with Crippen LogP contribution in [0.3, 0.4) is 0 Å². The Morgan fingerprint density at radius 2 is 1.80 bits per heavy atom. The quantitative estimate of drug-likeness (QED) is 0.780. The summed E-state index contributed by atoms with van der Waals surface area (Å²) in [4.78, 5) is 12.4. The third-order valence-electron chi connectivity index (χ3n) is 3.41. The van der Waals surface area contributed by atoms with Crippen LogP contribution in [0.5, 0.6) is 0 Å². The van der Waals surface area contributed by atoms with E-state index in [2.05, 4.69) is 5.32 Å². The number of carbonyl (C=O) groups is 1. The molecular formula is C16H15Cl3N2O3S. The predicted octanol–water partition coefficient (Wildman–Crippen LogP) is 4.36. The number of benzene rings is 2. The summed E-state index contributed by atoms with van der Waals surface area (Å²) >= 11 is 18.0. The minimum absolute atomic E-state index is 0.134. The molecule has 1 amide bonds. The molecule has 25 heavy (non-hydrogen) atoms. The van der Waals surface area contributed by atoms with E-state index in [1.54, 1.807) is 25.1 Å². The van der Waals surface area contributed by atoms with E-state index in [9.17, 15) is 13.2 Å². The summed E-state index contributed by atoms with van der Waals surface area (Å²) in [5.74, 6) is -0.535. The predicted molar refractivity (Wildman–Crippen MR) is 103 cm³/mol. The second-order valence-electron chi connectivity index (χ2n) is 5.33. The molecule has 1 N–H and O–H groups in total. The van der Waals surface area contributed by atoms with Gasteiger partial charge in [0.1, 0.15) is 6.54 Å². The zero-order valence-corrected chi connectivity index (χ0v) is 16.5. The van der Waals surface area contributed by atoms with Crippen LogP contribution in [0.4, 0.5) is 11.4 Å². The summed E-state index contributed by atoms with van der Waals surface area (Å²) in [5.41, 5.74) is 1.32. The van der Waals surface area contributed by atoms with Gasteiger partial charge in [0.05, 0.1) is 17.0 Å². The lowest BCUT2D eigenvalue weighted by molar-refractivity contribution is -0.114. The van der Waals surface area contributed by atoms with Crippen molar-refractivity contribution in [2.75, 3.05) is 22.4 Å². The molecule has 5 nitrogen and oxygen atoms in total. The van der Waals surface area contributed by atoms with Gasteiger partial charge in [0.2, 0.25) is 15.9 Å². The molecule has 0 saturated carbocycles. The first-order valence-corrected chi connectivity index (χ1v) is 10.1. The number of hydrogen-bond acceptors (Lipinski definition) is 3. The topological polar surface area (TPSA) is 66.5 Å². The number of nitrogens with one attached hydrogen (secondary N) is 1. The van der Waals surface area contributed by atoms with E-state index in [-0.39, 0.29) is 10.7 Å². The van der Waals surface area contributed by atoms with Crippen molar-refractivity contribution in [2.24, 2.45) is 0 Å². The van der Waals surface area contributed by atoms with Crippen LogP contribution in [0.15, 0.2) is 36.4 Å². The maximum Gasteiger partial charge on any atom is 0.245 e. The van der Waals surface area contributed by atoms with Crippen LogP contribution in [-0.2, 0) is 14.8 Å². The Labute approximate surface area is 161 Å². The standard InChI is InChI=1S/C16H15Cl3N2O3S/c1-10-12(18)4-3-5-14(10)20-16(22)9-21(25(2,23)24)15-8-11(17)6-7-13(15)19/h3-8H,9H2,1-2H3,(H,20,22). The van der Waals surface area contributed by atoms with E-state index < -0.39 is 22.5 Å². The highest BCUT2D eigenvalue weighted by atomic mass is 35.5. The lowest BCUT2D eigenvalue weighted by Crippen LogP contribution is -2.37. The van der Waals surface area contributed by atoms with Crippen molar-refractivity contribution in [1.82, 2.24) is 0 Å². The van der Waals surface area contributed by atoms with Gasteiger partial charge in [-0.15, -0.1) is 0 Å². The number of sulfonamides is 1. The fraction of sp³-hybridized carbons (Fsp3) is 0.188. The molecular weight excluding hydrogens is 407 g/mol. The highest BCUT2D eigenvalue weighted by molar-refractivity contribution is 7.92. The number of carbonyl (C=O) groups excluding carboxylic acids is 1. The molecule has 0 atom stereocenters. The van der Waals surface area contributed by atoms with Gasteiger partial charge in [0.15, 0.2) is 0 Å². The van der Waals surface area contributed by atoms with Crippen molar-refractivity contribution in [1.29, 1.82) is 0 Å². The molecule has 2 rings (SSSR count). The fourth-order valence-corrected chi connectivity index (χ4v) is 3.59. The average Bonchev–Trinajstić information content (AvgIpc) is 2.51. The molecule has 2 aromatic carbocycles. The molecule has 0 heterocycles. The molecule has 0 unspecified atom stereocenters. The summed E-state index contributed by atoms with van der Waals surface area (Å²) in [7, 11) is -3.76. The van der Waals surface area contributed by atoms with Crippen LogP contribution in [-0.4, -0.2) is 27.1 Å².